The minimum Gasteiger partial charge on any atom is -0.406 e. The zero-order valence-corrected chi connectivity index (χ0v) is 9.56. The Labute approximate surface area is 89.1 Å². The van der Waals surface area contributed by atoms with Gasteiger partial charge in [-0.15, -0.1) is 5.10 Å². The molecule has 0 saturated heterocycles. The Morgan fingerprint density at radius 3 is 2.53 bits per heavy atom. The first-order valence-electron chi connectivity index (χ1n) is 4.82. The van der Waals surface area contributed by atoms with Crippen LogP contribution in [-0.2, 0) is 0 Å². The average molecular weight is 214 g/mol. The van der Waals surface area contributed by atoms with Gasteiger partial charge in [0, 0.05) is 7.05 Å². The second-order valence-electron chi connectivity index (χ2n) is 4.38. The van der Waals surface area contributed by atoms with Crippen LogP contribution in [0.4, 0.5) is 6.01 Å². The van der Waals surface area contributed by atoms with Crippen LogP contribution in [0, 0.1) is 0 Å². The number of hydrogen-bond donors (Lipinski definition) is 2. The number of nitrogens with zero attached hydrogens (tertiary/aromatic N) is 3. The van der Waals surface area contributed by atoms with E-state index in [2.05, 4.69) is 10.2 Å². The third-order valence-corrected chi connectivity index (χ3v) is 1.77. The Bertz CT molecular complexity index is 316. The molecule has 1 heterocycles. The molecule has 0 saturated carbocycles. The molecular weight excluding hydrogens is 196 g/mol. The van der Waals surface area contributed by atoms with Crippen LogP contribution in [0.15, 0.2) is 4.42 Å². The summed E-state index contributed by atoms with van der Waals surface area (Å²) in [7, 11) is 1.77. The maximum absolute atomic E-state index is 9.61. The second-order valence-corrected chi connectivity index (χ2v) is 4.38. The number of hydrogen-bond acceptors (Lipinski definition) is 6. The molecule has 1 aromatic heterocycles. The van der Waals surface area contributed by atoms with Crippen molar-refractivity contribution in [3.8, 4) is 0 Å². The number of likely N-dealkylation sites (N-methyl/N-ethyl adjacent to an activating group) is 1. The standard InChI is InChI=1S/C9H18N4O2/c1-6(10)7-11-12-8(15-7)13(4)5-9(2,3)14/h6,14H,5,10H2,1-4H3. The molecule has 3 N–H and O–H groups in total. The van der Waals surface area contributed by atoms with Gasteiger partial charge in [0.2, 0.25) is 5.89 Å². The Hall–Kier alpha value is -1.14. The lowest BCUT2D eigenvalue weighted by molar-refractivity contribution is 0.0874. The van der Waals surface area contributed by atoms with E-state index in [1.54, 1.807) is 32.7 Å². The Balaban J connectivity index is 2.70. The van der Waals surface area contributed by atoms with Crippen molar-refractivity contribution >= 4 is 6.01 Å². The molecule has 0 bridgehead atoms. The highest BCUT2D eigenvalue weighted by Crippen LogP contribution is 2.16. The third-order valence-electron chi connectivity index (χ3n) is 1.77. The molecule has 0 radical (unpaired) electrons. The molecule has 1 atom stereocenters. The SMILES string of the molecule is CC(N)c1nnc(N(C)CC(C)(C)O)o1. The van der Waals surface area contributed by atoms with Crippen LogP contribution >= 0.6 is 0 Å². The smallest absolute Gasteiger partial charge is 0.318 e. The molecule has 0 aromatic carbocycles. The van der Waals surface area contributed by atoms with Gasteiger partial charge in [0.15, 0.2) is 0 Å². The van der Waals surface area contributed by atoms with E-state index in [0.717, 1.165) is 0 Å². The highest BCUT2D eigenvalue weighted by atomic mass is 16.4. The second kappa shape index (κ2) is 4.16. The molecule has 1 aromatic rings. The van der Waals surface area contributed by atoms with Crippen molar-refractivity contribution in [3.05, 3.63) is 5.89 Å². The van der Waals surface area contributed by atoms with Crippen molar-refractivity contribution in [3.63, 3.8) is 0 Å². The van der Waals surface area contributed by atoms with E-state index in [0.29, 0.717) is 18.5 Å². The molecule has 15 heavy (non-hydrogen) atoms. The van der Waals surface area contributed by atoms with E-state index in [1.807, 2.05) is 0 Å². The number of aliphatic hydroxyl groups is 1. The summed E-state index contributed by atoms with van der Waals surface area (Å²) in [6.45, 7) is 5.61. The first-order valence-corrected chi connectivity index (χ1v) is 4.82. The van der Waals surface area contributed by atoms with Crippen LogP contribution in [0.25, 0.3) is 0 Å². The van der Waals surface area contributed by atoms with Crippen LogP contribution in [0.1, 0.15) is 32.7 Å². The summed E-state index contributed by atoms with van der Waals surface area (Å²) < 4.78 is 5.32. The van der Waals surface area contributed by atoms with Crippen molar-refractivity contribution in [2.75, 3.05) is 18.5 Å². The normalized spacial score (nSPS) is 14.0. The van der Waals surface area contributed by atoms with Gasteiger partial charge in [-0.25, -0.2) is 0 Å². The molecule has 1 unspecified atom stereocenters. The summed E-state index contributed by atoms with van der Waals surface area (Å²) in [5, 5.41) is 17.3. The first kappa shape index (κ1) is 11.9. The van der Waals surface area contributed by atoms with Gasteiger partial charge in [-0.2, -0.15) is 0 Å². The minimum absolute atomic E-state index is 0.276. The van der Waals surface area contributed by atoms with Gasteiger partial charge in [0.1, 0.15) is 0 Å². The zero-order valence-electron chi connectivity index (χ0n) is 9.56. The van der Waals surface area contributed by atoms with Crippen molar-refractivity contribution in [2.45, 2.75) is 32.4 Å². The van der Waals surface area contributed by atoms with E-state index in [4.69, 9.17) is 10.2 Å². The van der Waals surface area contributed by atoms with Crippen LogP contribution in [-0.4, -0.2) is 34.5 Å². The summed E-state index contributed by atoms with van der Waals surface area (Å²) >= 11 is 0. The largest absolute Gasteiger partial charge is 0.406 e. The number of rotatable bonds is 4. The molecule has 0 aliphatic carbocycles. The van der Waals surface area contributed by atoms with Gasteiger partial charge in [-0.05, 0) is 20.8 Å². The lowest BCUT2D eigenvalue weighted by Gasteiger charge is -2.23. The van der Waals surface area contributed by atoms with Crippen LogP contribution in [0.3, 0.4) is 0 Å². The summed E-state index contributed by atoms with van der Waals surface area (Å²) in [6, 6.07) is 0.0891. The maximum Gasteiger partial charge on any atom is 0.318 e. The van der Waals surface area contributed by atoms with Crippen LogP contribution < -0.4 is 10.6 Å². The predicted octanol–water partition coefficient (Wildman–Crippen LogP) is 0.296. The number of nitrogens with two attached hydrogens (primary N) is 1. The number of anilines is 1. The summed E-state index contributed by atoms with van der Waals surface area (Å²) in [4.78, 5) is 1.69. The highest BCUT2D eigenvalue weighted by molar-refractivity contribution is 5.23. The molecule has 0 fully saturated rings. The van der Waals surface area contributed by atoms with Crippen molar-refractivity contribution in [1.82, 2.24) is 10.2 Å². The topological polar surface area (TPSA) is 88.4 Å². The van der Waals surface area contributed by atoms with Crippen LogP contribution in [0.5, 0.6) is 0 Å². The Morgan fingerprint density at radius 1 is 1.53 bits per heavy atom. The fourth-order valence-electron chi connectivity index (χ4n) is 1.21. The Kier molecular flexibility index (Phi) is 3.31. The van der Waals surface area contributed by atoms with Gasteiger partial charge in [-0.3, -0.25) is 0 Å². The molecule has 0 aliphatic heterocycles. The summed E-state index contributed by atoms with van der Waals surface area (Å²) in [5.41, 5.74) is 4.78. The molecule has 1 rings (SSSR count). The zero-order chi connectivity index (χ0) is 11.6. The highest BCUT2D eigenvalue weighted by Gasteiger charge is 2.20. The molecule has 0 amide bonds. The molecular formula is C9H18N4O2. The van der Waals surface area contributed by atoms with Crippen molar-refractivity contribution < 1.29 is 9.52 Å². The molecule has 0 aliphatic rings. The lowest BCUT2D eigenvalue weighted by atomic mass is 10.1. The van der Waals surface area contributed by atoms with E-state index in [9.17, 15) is 5.11 Å². The van der Waals surface area contributed by atoms with Gasteiger partial charge < -0.3 is 20.2 Å². The van der Waals surface area contributed by atoms with Crippen molar-refractivity contribution in [1.29, 1.82) is 0 Å². The van der Waals surface area contributed by atoms with Gasteiger partial charge in [0.05, 0.1) is 18.2 Å². The summed E-state index contributed by atoms with van der Waals surface area (Å²) in [6.07, 6.45) is 0. The third kappa shape index (κ3) is 3.49. The summed E-state index contributed by atoms with van der Waals surface area (Å²) in [5.74, 6) is 0.396. The lowest BCUT2D eigenvalue weighted by Crippen LogP contribution is -2.36. The van der Waals surface area contributed by atoms with Crippen LogP contribution in [0.2, 0.25) is 0 Å². The van der Waals surface area contributed by atoms with E-state index in [-0.39, 0.29) is 6.04 Å². The minimum atomic E-state index is -0.808. The molecule has 86 valence electrons. The fraction of sp³-hybridized carbons (Fsp3) is 0.778. The van der Waals surface area contributed by atoms with E-state index < -0.39 is 5.60 Å². The Morgan fingerprint density at radius 2 is 2.13 bits per heavy atom. The quantitative estimate of drug-likeness (QED) is 0.749. The van der Waals surface area contributed by atoms with Gasteiger partial charge in [-0.1, -0.05) is 5.10 Å². The number of aromatic nitrogens is 2. The van der Waals surface area contributed by atoms with E-state index in [1.165, 1.54) is 0 Å². The van der Waals surface area contributed by atoms with Crippen molar-refractivity contribution in [2.24, 2.45) is 5.73 Å². The van der Waals surface area contributed by atoms with E-state index >= 15 is 0 Å². The maximum atomic E-state index is 9.61. The monoisotopic (exact) mass is 214 g/mol. The predicted molar refractivity (Wildman–Crippen MR) is 56.5 cm³/mol. The van der Waals surface area contributed by atoms with Gasteiger partial charge >= 0.3 is 6.01 Å². The fourth-order valence-corrected chi connectivity index (χ4v) is 1.21. The molecule has 0 spiro atoms. The van der Waals surface area contributed by atoms with Gasteiger partial charge in [0.25, 0.3) is 0 Å². The average Bonchev–Trinajstić information content (AvgIpc) is 2.47. The first-order chi connectivity index (χ1) is 6.79. The molecule has 6 heteroatoms. The molecule has 6 nitrogen and oxygen atoms in total.